The molecule has 1 saturated heterocycles. The summed E-state index contributed by atoms with van der Waals surface area (Å²) in [6.45, 7) is 6.69. The lowest BCUT2D eigenvalue weighted by Crippen LogP contribution is -2.42. The third-order valence-corrected chi connectivity index (χ3v) is 5.18. The Labute approximate surface area is 149 Å². The van der Waals surface area contributed by atoms with Gasteiger partial charge in [0, 0.05) is 12.0 Å². The quantitative estimate of drug-likeness (QED) is 0.432. The molecule has 1 aliphatic rings. The van der Waals surface area contributed by atoms with Crippen LogP contribution in [0.3, 0.4) is 0 Å². The van der Waals surface area contributed by atoms with Crippen molar-refractivity contribution in [2.75, 3.05) is 18.6 Å². The van der Waals surface area contributed by atoms with Crippen molar-refractivity contribution in [1.29, 1.82) is 0 Å². The van der Waals surface area contributed by atoms with Crippen LogP contribution in [0.1, 0.15) is 48.2 Å². The Morgan fingerprint density at radius 2 is 2.17 bits per heavy atom. The van der Waals surface area contributed by atoms with Gasteiger partial charge in [0.25, 0.3) is 0 Å². The molecule has 6 heteroatoms. The van der Waals surface area contributed by atoms with Gasteiger partial charge >= 0.3 is 5.97 Å². The lowest BCUT2D eigenvalue weighted by atomic mass is 9.98. The average Bonchev–Trinajstić information content (AvgIpc) is 2.90. The molecule has 0 N–H and O–H groups in total. The van der Waals surface area contributed by atoms with E-state index in [1.54, 1.807) is 4.90 Å². The number of alkyl halides is 1. The maximum atomic E-state index is 12.4. The van der Waals surface area contributed by atoms with E-state index < -0.39 is 5.97 Å². The minimum absolute atomic E-state index is 0.0190. The number of hydrogen-bond donors (Lipinski definition) is 0. The third-order valence-electron chi connectivity index (χ3n) is 3.31. The van der Waals surface area contributed by atoms with Crippen LogP contribution >= 0.6 is 27.3 Å². The van der Waals surface area contributed by atoms with Gasteiger partial charge < -0.3 is 9.64 Å². The first kappa shape index (κ1) is 18.0. The Morgan fingerprint density at radius 3 is 2.78 bits per heavy atom. The molecule has 0 saturated carbocycles. The average molecular weight is 398 g/mol. The van der Waals surface area contributed by atoms with Crippen molar-refractivity contribution in [1.82, 2.24) is 0 Å². The van der Waals surface area contributed by atoms with Crippen molar-refractivity contribution < 1.29 is 14.3 Å². The number of halogens is 1. The molecule has 0 spiro atoms. The van der Waals surface area contributed by atoms with Gasteiger partial charge in [0.15, 0.2) is 0 Å². The van der Waals surface area contributed by atoms with Gasteiger partial charge in [-0.25, -0.2) is 4.79 Å². The zero-order valence-corrected chi connectivity index (χ0v) is 16.1. The molecule has 1 fully saturated rings. The molecule has 1 aromatic rings. The molecule has 1 atom stereocenters. The van der Waals surface area contributed by atoms with Crippen molar-refractivity contribution in [3.8, 4) is 11.8 Å². The summed E-state index contributed by atoms with van der Waals surface area (Å²) in [7, 11) is 1.34. The predicted octanol–water partition coefficient (Wildman–Crippen LogP) is 3.82. The summed E-state index contributed by atoms with van der Waals surface area (Å²) < 4.78 is 4.86. The van der Waals surface area contributed by atoms with E-state index in [4.69, 9.17) is 4.74 Å². The lowest BCUT2D eigenvalue weighted by molar-refractivity contribution is -0.118. The molecule has 2 rings (SSSR count). The SMILES string of the molecule is COC(=O)c1sc(C#CC(C)(C)C)cc1N1CCCC(Br)C1=O. The Hall–Kier alpha value is -1.32. The van der Waals surface area contributed by atoms with E-state index in [2.05, 4.69) is 27.8 Å². The summed E-state index contributed by atoms with van der Waals surface area (Å²) >= 11 is 4.67. The van der Waals surface area contributed by atoms with Gasteiger partial charge in [-0.3, -0.25) is 4.79 Å². The van der Waals surface area contributed by atoms with Gasteiger partial charge in [0.1, 0.15) is 4.88 Å². The number of thiophene rings is 1. The first-order valence-electron chi connectivity index (χ1n) is 7.43. The summed E-state index contributed by atoms with van der Waals surface area (Å²) in [4.78, 5) is 27.1. The summed E-state index contributed by atoms with van der Waals surface area (Å²) in [6, 6.07) is 1.82. The monoisotopic (exact) mass is 397 g/mol. The molecule has 0 aromatic carbocycles. The molecule has 4 nitrogen and oxygen atoms in total. The minimum Gasteiger partial charge on any atom is -0.465 e. The van der Waals surface area contributed by atoms with Crippen LogP contribution < -0.4 is 4.90 Å². The molecule has 0 bridgehead atoms. The number of anilines is 1. The van der Waals surface area contributed by atoms with Gasteiger partial charge in [0.05, 0.1) is 22.5 Å². The van der Waals surface area contributed by atoms with Gasteiger partial charge in [-0.2, -0.15) is 0 Å². The van der Waals surface area contributed by atoms with Crippen LogP contribution in [0, 0.1) is 17.3 Å². The third kappa shape index (κ3) is 4.36. The molecule has 1 unspecified atom stereocenters. The minimum atomic E-state index is -0.432. The van der Waals surface area contributed by atoms with Gasteiger partial charge in [-0.1, -0.05) is 27.8 Å². The summed E-state index contributed by atoms with van der Waals surface area (Å²) in [6.07, 6.45) is 1.70. The summed E-state index contributed by atoms with van der Waals surface area (Å²) in [5.41, 5.74) is 0.478. The first-order valence-corrected chi connectivity index (χ1v) is 9.17. The highest BCUT2D eigenvalue weighted by molar-refractivity contribution is 9.10. The Bertz CT molecular complexity index is 678. The fourth-order valence-corrected chi connectivity index (χ4v) is 3.71. The molecule has 1 aliphatic heterocycles. The highest BCUT2D eigenvalue weighted by Crippen LogP contribution is 2.34. The van der Waals surface area contributed by atoms with Gasteiger partial charge in [-0.15, -0.1) is 11.3 Å². The number of carbonyl (C=O) groups excluding carboxylic acids is 2. The zero-order chi connectivity index (χ0) is 17.2. The highest BCUT2D eigenvalue weighted by Gasteiger charge is 2.31. The van der Waals surface area contributed by atoms with Crippen LogP contribution in [0.15, 0.2) is 6.07 Å². The van der Waals surface area contributed by atoms with Crippen LogP contribution in [-0.2, 0) is 9.53 Å². The van der Waals surface area contributed by atoms with Crippen molar-refractivity contribution in [3.63, 3.8) is 0 Å². The summed E-state index contributed by atoms with van der Waals surface area (Å²) in [5.74, 6) is 5.80. The smallest absolute Gasteiger partial charge is 0.350 e. The zero-order valence-electron chi connectivity index (χ0n) is 13.7. The molecule has 0 radical (unpaired) electrons. The number of ether oxygens (including phenoxy) is 1. The van der Waals surface area contributed by atoms with Gasteiger partial charge in [-0.05, 0) is 39.7 Å². The Balaban J connectivity index is 2.44. The van der Waals surface area contributed by atoms with Crippen LogP contribution in [0.2, 0.25) is 0 Å². The Morgan fingerprint density at radius 1 is 1.48 bits per heavy atom. The number of methoxy groups -OCH3 is 1. The normalized spacial score (nSPS) is 18.4. The molecule has 124 valence electrons. The van der Waals surface area contributed by atoms with Crippen molar-refractivity contribution in [2.24, 2.45) is 5.41 Å². The van der Waals surface area contributed by atoms with E-state index >= 15 is 0 Å². The number of amides is 1. The van der Waals surface area contributed by atoms with E-state index in [-0.39, 0.29) is 16.1 Å². The van der Waals surface area contributed by atoms with E-state index in [0.717, 1.165) is 17.7 Å². The largest absolute Gasteiger partial charge is 0.465 e. The van der Waals surface area contributed by atoms with Crippen LogP contribution in [0.25, 0.3) is 0 Å². The van der Waals surface area contributed by atoms with Crippen molar-refractivity contribution >= 4 is 44.8 Å². The van der Waals surface area contributed by atoms with Crippen LogP contribution in [-0.4, -0.2) is 30.4 Å². The number of carbonyl (C=O) groups is 2. The van der Waals surface area contributed by atoms with Crippen molar-refractivity contribution in [2.45, 2.75) is 38.4 Å². The maximum absolute atomic E-state index is 12.4. The molecule has 0 aliphatic carbocycles. The van der Waals surface area contributed by atoms with E-state index in [9.17, 15) is 9.59 Å². The topological polar surface area (TPSA) is 46.6 Å². The lowest BCUT2D eigenvalue weighted by Gasteiger charge is -2.29. The predicted molar refractivity (Wildman–Crippen MR) is 96.3 cm³/mol. The second kappa shape index (κ2) is 7.06. The van der Waals surface area contributed by atoms with E-state index in [0.29, 0.717) is 17.1 Å². The first-order chi connectivity index (χ1) is 10.7. The number of piperidine rings is 1. The van der Waals surface area contributed by atoms with E-state index in [1.807, 2.05) is 26.8 Å². The fraction of sp³-hybridized carbons (Fsp3) is 0.529. The second-order valence-corrected chi connectivity index (χ2v) is 8.57. The molecular formula is C17H20BrNO3S. The molecular weight excluding hydrogens is 378 g/mol. The molecule has 2 heterocycles. The molecule has 1 amide bonds. The number of nitrogens with zero attached hydrogens (tertiary/aromatic N) is 1. The standard InChI is InChI=1S/C17H20BrNO3S/c1-17(2,3)8-7-11-10-13(14(23-11)16(21)22-4)19-9-5-6-12(18)15(19)20/h10,12H,5-6,9H2,1-4H3. The maximum Gasteiger partial charge on any atom is 0.350 e. The van der Waals surface area contributed by atoms with E-state index in [1.165, 1.54) is 18.4 Å². The van der Waals surface area contributed by atoms with Gasteiger partial charge in [0.2, 0.25) is 5.91 Å². The summed E-state index contributed by atoms with van der Waals surface area (Å²) in [5, 5.41) is 0. The highest BCUT2D eigenvalue weighted by atomic mass is 79.9. The number of rotatable bonds is 2. The molecule has 23 heavy (non-hydrogen) atoms. The second-order valence-electron chi connectivity index (χ2n) is 6.42. The van der Waals surface area contributed by atoms with Crippen LogP contribution in [0.4, 0.5) is 5.69 Å². The Kier molecular flexibility index (Phi) is 5.53. The van der Waals surface area contributed by atoms with Crippen molar-refractivity contribution in [3.05, 3.63) is 15.8 Å². The number of hydrogen-bond acceptors (Lipinski definition) is 4. The molecule has 1 aromatic heterocycles. The fourth-order valence-electron chi connectivity index (χ4n) is 2.20. The van der Waals surface area contributed by atoms with Crippen LogP contribution in [0.5, 0.6) is 0 Å². The number of esters is 1.